The van der Waals surface area contributed by atoms with Crippen molar-refractivity contribution in [3.8, 4) is 5.75 Å². The lowest BCUT2D eigenvalue weighted by molar-refractivity contribution is 0.398. The molecule has 2 heterocycles. The summed E-state index contributed by atoms with van der Waals surface area (Å²) in [5.41, 5.74) is 4.55. The van der Waals surface area contributed by atoms with Crippen molar-refractivity contribution in [3.05, 3.63) is 70.9 Å². The maximum atomic E-state index is 5.40. The van der Waals surface area contributed by atoms with Crippen molar-refractivity contribution in [1.29, 1.82) is 0 Å². The Morgan fingerprint density at radius 1 is 1.03 bits per heavy atom. The summed E-state index contributed by atoms with van der Waals surface area (Å²) >= 11 is 1.69. The molecule has 2 aromatic heterocycles. The number of H-pyrrole nitrogens is 1. The third-order valence-corrected chi connectivity index (χ3v) is 5.63. The molecular weight excluding hydrogens is 382 g/mol. The topological polar surface area (TPSA) is 57.3 Å². The molecule has 29 heavy (non-hydrogen) atoms. The minimum Gasteiger partial charge on any atom is -0.497 e. The Hall–Kier alpha value is -2.90. The first-order valence-corrected chi connectivity index (χ1v) is 10.4. The van der Waals surface area contributed by atoms with E-state index in [2.05, 4.69) is 69.8 Å². The first-order chi connectivity index (χ1) is 14.1. The molecule has 0 aliphatic carbocycles. The van der Waals surface area contributed by atoms with Gasteiger partial charge in [0.05, 0.1) is 24.5 Å². The molecule has 2 aromatic carbocycles. The Kier molecular flexibility index (Phi) is 5.78. The minimum absolute atomic E-state index is 0.757. The molecule has 0 unspecified atom stereocenters. The molecule has 0 aliphatic heterocycles. The first-order valence-electron chi connectivity index (χ1n) is 9.50. The highest BCUT2D eigenvalue weighted by Gasteiger charge is 2.14. The summed E-state index contributed by atoms with van der Waals surface area (Å²) in [6, 6.07) is 14.6. The normalized spacial score (nSPS) is 11.3. The monoisotopic (exact) mass is 407 g/mol. The van der Waals surface area contributed by atoms with Crippen LogP contribution in [0, 0.1) is 0 Å². The van der Waals surface area contributed by atoms with E-state index in [1.165, 1.54) is 11.1 Å². The van der Waals surface area contributed by atoms with Crippen molar-refractivity contribution in [2.75, 3.05) is 26.1 Å². The molecule has 0 radical (unpaired) electrons. The Bertz CT molecular complexity index is 1090. The number of hydrogen-bond donors (Lipinski definition) is 1. The summed E-state index contributed by atoms with van der Waals surface area (Å²) < 4.78 is 5.40. The highest BCUT2D eigenvalue weighted by atomic mass is 32.1. The summed E-state index contributed by atoms with van der Waals surface area (Å²) in [4.78, 5) is 9.34. The van der Waals surface area contributed by atoms with Gasteiger partial charge >= 0.3 is 0 Å². The Morgan fingerprint density at radius 3 is 2.66 bits per heavy atom. The van der Waals surface area contributed by atoms with Crippen molar-refractivity contribution in [1.82, 2.24) is 20.1 Å². The fraction of sp³-hybridized carbons (Fsp3) is 0.273. The number of thiazole rings is 1. The number of rotatable bonds is 8. The summed E-state index contributed by atoms with van der Waals surface area (Å²) in [5, 5.41) is 11.5. The molecular formula is C22H25N5OS. The van der Waals surface area contributed by atoms with Gasteiger partial charge in [0.2, 0.25) is 0 Å². The summed E-state index contributed by atoms with van der Waals surface area (Å²) in [6.45, 7) is 2.36. The van der Waals surface area contributed by atoms with Gasteiger partial charge in [-0.2, -0.15) is 5.10 Å². The third kappa shape index (κ3) is 4.75. The molecule has 7 heteroatoms. The number of fused-ring (bicyclic) bond motifs is 1. The number of nitrogens with zero attached hydrogens (tertiary/aromatic N) is 4. The van der Waals surface area contributed by atoms with Crippen LogP contribution in [-0.4, -0.2) is 41.3 Å². The van der Waals surface area contributed by atoms with E-state index in [0.29, 0.717) is 0 Å². The summed E-state index contributed by atoms with van der Waals surface area (Å²) in [6.07, 6.45) is 1.85. The van der Waals surface area contributed by atoms with E-state index in [4.69, 9.17) is 9.72 Å². The van der Waals surface area contributed by atoms with Crippen LogP contribution in [0.25, 0.3) is 10.9 Å². The molecule has 0 aliphatic rings. The van der Waals surface area contributed by atoms with Crippen LogP contribution in [0.15, 0.2) is 54.0 Å². The molecule has 0 amide bonds. The third-order valence-electron chi connectivity index (χ3n) is 4.68. The smallest absolute Gasteiger partial charge is 0.186 e. The van der Waals surface area contributed by atoms with Crippen LogP contribution < -0.4 is 9.64 Å². The zero-order valence-electron chi connectivity index (χ0n) is 16.9. The number of hydrogen-bond acceptors (Lipinski definition) is 6. The largest absolute Gasteiger partial charge is 0.497 e. The Labute approximate surface area is 174 Å². The summed E-state index contributed by atoms with van der Waals surface area (Å²) in [5.74, 6) is 0.869. The quantitative estimate of drug-likeness (QED) is 0.472. The lowest BCUT2D eigenvalue weighted by Gasteiger charge is -2.22. The SMILES string of the molecule is COc1cccc(CN(Cc2ccc3cn[nH]c3c2)c2nc(CN(C)C)cs2)c1. The maximum Gasteiger partial charge on any atom is 0.186 e. The van der Waals surface area contributed by atoms with Gasteiger partial charge in [0, 0.05) is 30.4 Å². The van der Waals surface area contributed by atoms with Crippen molar-refractivity contribution < 1.29 is 4.74 Å². The minimum atomic E-state index is 0.757. The Morgan fingerprint density at radius 2 is 1.86 bits per heavy atom. The molecule has 4 rings (SSSR count). The predicted molar refractivity (Wildman–Crippen MR) is 118 cm³/mol. The second-order valence-electron chi connectivity index (χ2n) is 7.36. The lowest BCUT2D eigenvalue weighted by Crippen LogP contribution is -2.22. The average Bonchev–Trinajstić information content (AvgIpc) is 3.36. The zero-order chi connectivity index (χ0) is 20.2. The van der Waals surface area contributed by atoms with Crippen molar-refractivity contribution in [2.45, 2.75) is 19.6 Å². The molecule has 0 saturated heterocycles. The van der Waals surface area contributed by atoms with Gasteiger partial charge in [-0.05, 0) is 43.4 Å². The number of ether oxygens (including phenoxy) is 1. The molecule has 0 saturated carbocycles. The Balaban J connectivity index is 1.62. The van der Waals surface area contributed by atoms with Crippen LogP contribution in [0.2, 0.25) is 0 Å². The van der Waals surface area contributed by atoms with Crippen LogP contribution in [-0.2, 0) is 19.6 Å². The van der Waals surface area contributed by atoms with Gasteiger partial charge in [0.25, 0.3) is 0 Å². The number of benzene rings is 2. The predicted octanol–water partition coefficient (Wildman–Crippen LogP) is 4.30. The number of aromatic amines is 1. The first kappa shape index (κ1) is 19.4. The van der Waals surface area contributed by atoms with E-state index >= 15 is 0 Å². The van der Waals surface area contributed by atoms with Gasteiger partial charge in [0.1, 0.15) is 5.75 Å². The van der Waals surface area contributed by atoms with Crippen molar-refractivity contribution >= 4 is 27.4 Å². The van der Waals surface area contributed by atoms with Crippen LogP contribution in [0.4, 0.5) is 5.13 Å². The van der Waals surface area contributed by atoms with Gasteiger partial charge in [-0.25, -0.2) is 4.98 Å². The average molecular weight is 408 g/mol. The molecule has 0 bridgehead atoms. The van der Waals surface area contributed by atoms with Crippen molar-refractivity contribution in [2.24, 2.45) is 0 Å². The second-order valence-corrected chi connectivity index (χ2v) is 8.19. The van der Waals surface area contributed by atoms with Crippen LogP contribution in [0.1, 0.15) is 16.8 Å². The van der Waals surface area contributed by atoms with E-state index in [9.17, 15) is 0 Å². The fourth-order valence-electron chi connectivity index (χ4n) is 3.32. The van der Waals surface area contributed by atoms with E-state index in [1.54, 1.807) is 18.4 Å². The van der Waals surface area contributed by atoms with Crippen LogP contribution in [0.5, 0.6) is 5.75 Å². The van der Waals surface area contributed by atoms with E-state index in [0.717, 1.165) is 47.1 Å². The van der Waals surface area contributed by atoms with E-state index in [1.807, 2.05) is 18.3 Å². The fourth-order valence-corrected chi connectivity index (χ4v) is 4.14. The maximum absolute atomic E-state index is 5.40. The standard InChI is InChI=1S/C22H25N5OS/c1-26(2)14-19-15-29-22(24-19)27(12-16-5-4-6-20(9-16)28-3)13-17-7-8-18-11-23-25-21(18)10-17/h4-11,15H,12-14H2,1-3H3,(H,23,25). The highest BCUT2D eigenvalue weighted by Crippen LogP contribution is 2.26. The van der Waals surface area contributed by atoms with E-state index in [-0.39, 0.29) is 0 Å². The van der Waals surface area contributed by atoms with E-state index < -0.39 is 0 Å². The number of anilines is 1. The molecule has 1 N–H and O–H groups in total. The molecule has 0 atom stereocenters. The van der Waals surface area contributed by atoms with Gasteiger partial charge in [-0.1, -0.05) is 24.3 Å². The second kappa shape index (κ2) is 8.63. The molecule has 6 nitrogen and oxygen atoms in total. The summed E-state index contributed by atoms with van der Waals surface area (Å²) in [7, 11) is 5.82. The lowest BCUT2D eigenvalue weighted by atomic mass is 10.1. The molecule has 4 aromatic rings. The zero-order valence-corrected chi connectivity index (χ0v) is 17.7. The molecule has 0 spiro atoms. The van der Waals surface area contributed by atoms with Gasteiger partial charge in [-0.15, -0.1) is 11.3 Å². The molecule has 0 fully saturated rings. The molecule has 150 valence electrons. The van der Waals surface area contributed by atoms with Gasteiger partial charge < -0.3 is 14.5 Å². The van der Waals surface area contributed by atoms with Crippen LogP contribution in [0.3, 0.4) is 0 Å². The van der Waals surface area contributed by atoms with Crippen molar-refractivity contribution in [3.63, 3.8) is 0 Å². The number of methoxy groups -OCH3 is 1. The highest BCUT2D eigenvalue weighted by molar-refractivity contribution is 7.13. The van der Waals surface area contributed by atoms with Gasteiger partial charge in [0.15, 0.2) is 5.13 Å². The number of nitrogens with one attached hydrogen (secondary N) is 1. The van der Waals surface area contributed by atoms with Crippen LogP contribution >= 0.6 is 11.3 Å². The van der Waals surface area contributed by atoms with Gasteiger partial charge in [-0.3, -0.25) is 5.10 Å². The number of aromatic nitrogens is 3.